The van der Waals surface area contributed by atoms with Crippen LogP contribution in [-0.2, 0) is 11.3 Å². The first-order valence-electron chi connectivity index (χ1n) is 9.71. The molecule has 3 aromatic heterocycles. The van der Waals surface area contributed by atoms with E-state index < -0.39 is 5.97 Å². The van der Waals surface area contributed by atoms with Gasteiger partial charge in [-0.15, -0.1) is 11.3 Å². The van der Waals surface area contributed by atoms with Crippen molar-refractivity contribution in [2.75, 3.05) is 13.2 Å². The quantitative estimate of drug-likeness (QED) is 0.320. The third kappa shape index (κ3) is 4.22. The summed E-state index contributed by atoms with van der Waals surface area (Å²) in [6.45, 7) is 6.01. The molecule has 0 spiro atoms. The van der Waals surface area contributed by atoms with E-state index in [1.54, 1.807) is 13.8 Å². The molecule has 31 heavy (non-hydrogen) atoms. The first kappa shape index (κ1) is 20.8. The molecule has 0 aliphatic rings. The SMILES string of the molecule is Cc1noc(C)c1Cn1cnc2sc(C(=O)OCCOc3ccccc3)c(C)c2c1=O. The van der Waals surface area contributed by atoms with Gasteiger partial charge in [-0.3, -0.25) is 9.36 Å². The van der Waals surface area contributed by atoms with E-state index in [1.807, 2.05) is 37.3 Å². The molecule has 0 unspecified atom stereocenters. The molecule has 1 aromatic carbocycles. The molecule has 0 fully saturated rings. The number of carbonyl (C=O) groups is 1. The lowest BCUT2D eigenvalue weighted by Gasteiger charge is -2.07. The molecular weight excluding hydrogens is 418 g/mol. The highest BCUT2D eigenvalue weighted by Crippen LogP contribution is 2.27. The van der Waals surface area contributed by atoms with Crippen molar-refractivity contribution < 1.29 is 18.8 Å². The fraction of sp³-hybridized carbons (Fsp3) is 0.273. The number of esters is 1. The molecule has 4 rings (SSSR count). The first-order chi connectivity index (χ1) is 15.0. The van der Waals surface area contributed by atoms with Crippen LogP contribution in [0.15, 0.2) is 46.0 Å². The van der Waals surface area contributed by atoms with Crippen LogP contribution in [-0.4, -0.2) is 33.9 Å². The second-order valence-corrected chi connectivity index (χ2v) is 8.01. The van der Waals surface area contributed by atoms with Gasteiger partial charge in [0.2, 0.25) is 0 Å². The van der Waals surface area contributed by atoms with Gasteiger partial charge in [0.05, 0.1) is 24.0 Å². The fourth-order valence-electron chi connectivity index (χ4n) is 3.24. The maximum absolute atomic E-state index is 13.1. The number of thiophene rings is 1. The number of para-hydroxylation sites is 1. The normalized spacial score (nSPS) is 11.1. The van der Waals surface area contributed by atoms with Gasteiger partial charge in [-0.1, -0.05) is 23.4 Å². The van der Waals surface area contributed by atoms with Crippen molar-refractivity contribution in [2.45, 2.75) is 27.3 Å². The minimum Gasteiger partial charge on any atom is -0.490 e. The Morgan fingerprint density at radius 1 is 1.16 bits per heavy atom. The number of aromatic nitrogens is 3. The van der Waals surface area contributed by atoms with Crippen molar-refractivity contribution in [2.24, 2.45) is 0 Å². The summed E-state index contributed by atoms with van der Waals surface area (Å²) in [5, 5.41) is 4.35. The molecule has 0 atom stereocenters. The molecule has 0 amide bonds. The molecule has 0 saturated carbocycles. The van der Waals surface area contributed by atoms with Crippen molar-refractivity contribution in [1.82, 2.24) is 14.7 Å². The molecule has 8 nitrogen and oxygen atoms in total. The van der Waals surface area contributed by atoms with Crippen molar-refractivity contribution in [3.63, 3.8) is 0 Å². The number of aryl methyl sites for hydroxylation is 3. The van der Waals surface area contributed by atoms with E-state index in [2.05, 4.69) is 10.1 Å². The van der Waals surface area contributed by atoms with Gasteiger partial charge in [-0.05, 0) is 38.5 Å². The van der Waals surface area contributed by atoms with Gasteiger partial charge in [-0.2, -0.15) is 0 Å². The lowest BCUT2D eigenvalue weighted by atomic mass is 10.2. The minimum atomic E-state index is -0.492. The molecule has 9 heteroatoms. The van der Waals surface area contributed by atoms with Crippen LogP contribution < -0.4 is 10.3 Å². The standard InChI is InChI=1S/C22H21N3O5S/c1-13-18-20(23-12-25(21(18)26)11-17-14(2)24-30-15(17)3)31-19(13)22(27)29-10-9-28-16-7-5-4-6-8-16/h4-8,12H,9-11H2,1-3H3. The summed E-state index contributed by atoms with van der Waals surface area (Å²) < 4.78 is 17.5. The van der Waals surface area contributed by atoms with Crippen molar-refractivity contribution in [3.8, 4) is 5.75 Å². The Hall–Kier alpha value is -3.46. The van der Waals surface area contributed by atoms with Gasteiger partial charge >= 0.3 is 5.97 Å². The second kappa shape index (κ2) is 8.73. The summed E-state index contributed by atoms with van der Waals surface area (Å²) >= 11 is 1.15. The fourth-order valence-corrected chi connectivity index (χ4v) is 4.27. The Labute approximate surface area is 182 Å². The highest BCUT2D eigenvalue weighted by molar-refractivity contribution is 7.20. The number of nitrogens with zero attached hydrogens (tertiary/aromatic N) is 3. The second-order valence-electron chi connectivity index (χ2n) is 7.01. The Morgan fingerprint density at radius 2 is 1.94 bits per heavy atom. The van der Waals surface area contributed by atoms with Crippen LogP contribution in [0, 0.1) is 20.8 Å². The summed E-state index contributed by atoms with van der Waals surface area (Å²) in [7, 11) is 0. The highest BCUT2D eigenvalue weighted by atomic mass is 32.1. The van der Waals surface area contributed by atoms with Gasteiger partial charge < -0.3 is 14.0 Å². The third-order valence-corrected chi connectivity index (χ3v) is 6.12. The van der Waals surface area contributed by atoms with Crippen LogP contribution in [0.5, 0.6) is 5.75 Å². The van der Waals surface area contributed by atoms with Crippen molar-refractivity contribution >= 4 is 27.5 Å². The summed E-state index contributed by atoms with van der Waals surface area (Å²) in [5.41, 5.74) is 1.92. The van der Waals surface area contributed by atoms with Gasteiger partial charge in [0.1, 0.15) is 34.4 Å². The molecular formula is C22H21N3O5S. The Bertz CT molecular complexity index is 1270. The summed E-state index contributed by atoms with van der Waals surface area (Å²) in [6.07, 6.45) is 1.48. The van der Waals surface area contributed by atoms with Gasteiger partial charge in [0.15, 0.2) is 0 Å². The highest BCUT2D eigenvalue weighted by Gasteiger charge is 2.21. The largest absolute Gasteiger partial charge is 0.490 e. The first-order valence-corrected chi connectivity index (χ1v) is 10.5. The number of carbonyl (C=O) groups excluding carboxylic acids is 1. The lowest BCUT2D eigenvalue weighted by molar-refractivity contribution is 0.0455. The Morgan fingerprint density at radius 3 is 2.65 bits per heavy atom. The number of ether oxygens (including phenoxy) is 2. The van der Waals surface area contributed by atoms with E-state index in [9.17, 15) is 9.59 Å². The smallest absolute Gasteiger partial charge is 0.348 e. The van der Waals surface area contributed by atoms with Crippen LogP contribution >= 0.6 is 11.3 Å². The molecule has 0 bridgehead atoms. The predicted octanol–water partition coefficient (Wildman–Crippen LogP) is 3.66. The van der Waals surface area contributed by atoms with E-state index >= 15 is 0 Å². The van der Waals surface area contributed by atoms with Crippen molar-refractivity contribution in [3.05, 3.63) is 74.5 Å². The summed E-state index contributed by atoms with van der Waals surface area (Å²) in [4.78, 5) is 30.9. The molecule has 0 radical (unpaired) electrons. The summed E-state index contributed by atoms with van der Waals surface area (Å²) in [5.74, 6) is 0.877. The molecule has 3 heterocycles. The Balaban J connectivity index is 1.50. The number of rotatable bonds is 7. The van der Waals surface area contributed by atoms with Gasteiger partial charge in [0, 0.05) is 5.56 Å². The average Bonchev–Trinajstić information content (AvgIpc) is 3.28. The minimum absolute atomic E-state index is 0.102. The zero-order chi connectivity index (χ0) is 22.0. The molecule has 160 valence electrons. The van der Waals surface area contributed by atoms with E-state index in [-0.39, 0.29) is 18.8 Å². The predicted molar refractivity (Wildman–Crippen MR) is 116 cm³/mol. The number of hydrogen-bond acceptors (Lipinski definition) is 8. The number of hydrogen-bond donors (Lipinski definition) is 0. The molecule has 0 aliphatic carbocycles. The maximum Gasteiger partial charge on any atom is 0.348 e. The van der Waals surface area contributed by atoms with Gasteiger partial charge in [0.25, 0.3) is 5.56 Å². The van der Waals surface area contributed by atoms with Crippen LogP contribution in [0.4, 0.5) is 0 Å². The third-order valence-electron chi connectivity index (χ3n) is 4.94. The summed E-state index contributed by atoms with van der Waals surface area (Å²) in [6, 6.07) is 9.29. The van der Waals surface area contributed by atoms with E-state index in [4.69, 9.17) is 14.0 Å². The van der Waals surface area contributed by atoms with E-state index in [1.165, 1.54) is 10.9 Å². The van der Waals surface area contributed by atoms with Crippen LogP contribution in [0.1, 0.15) is 32.3 Å². The van der Waals surface area contributed by atoms with Crippen LogP contribution in [0.3, 0.4) is 0 Å². The molecule has 0 aliphatic heterocycles. The Kier molecular flexibility index (Phi) is 5.85. The van der Waals surface area contributed by atoms with Crippen LogP contribution in [0.2, 0.25) is 0 Å². The van der Waals surface area contributed by atoms with Crippen LogP contribution in [0.25, 0.3) is 10.2 Å². The maximum atomic E-state index is 13.1. The van der Waals surface area contributed by atoms with E-state index in [0.29, 0.717) is 38.7 Å². The molecule has 0 N–H and O–H groups in total. The molecule has 4 aromatic rings. The lowest BCUT2D eigenvalue weighted by Crippen LogP contribution is -2.21. The monoisotopic (exact) mass is 439 g/mol. The molecule has 0 saturated heterocycles. The average molecular weight is 439 g/mol. The number of fused-ring (bicyclic) bond motifs is 1. The zero-order valence-corrected chi connectivity index (χ0v) is 18.2. The van der Waals surface area contributed by atoms with Gasteiger partial charge in [-0.25, -0.2) is 9.78 Å². The van der Waals surface area contributed by atoms with E-state index in [0.717, 1.165) is 22.6 Å². The van der Waals surface area contributed by atoms with Crippen molar-refractivity contribution in [1.29, 1.82) is 0 Å². The number of benzene rings is 1. The topological polar surface area (TPSA) is 96.5 Å². The zero-order valence-electron chi connectivity index (χ0n) is 17.4.